The van der Waals surface area contributed by atoms with Crippen molar-refractivity contribution in [1.82, 2.24) is 5.32 Å². The minimum Gasteiger partial charge on any atom is -0.336 e. The van der Waals surface area contributed by atoms with Crippen molar-refractivity contribution in [2.24, 2.45) is 0 Å². The first-order valence-corrected chi connectivity index (χ1v) is 7.73. The summed E-state index contributed by atoms with van der Waals surface area (Å²) in [5.74, 6) is 1.97. The summed E-state index contributed by atoms with van der Waals surface area (Å²) >= 11 is 0. The Labute approximate surface area is 117 Å². The van der Waals surface area contributed by atoms with Gasteiger partial charge in [-0.2, -0.15) is 0 Å². The van der Waals surface area contributed by atoms with Crippen LogP contribution >= 0.6 is 10.7 Å². The Morgan fingerprint density at radius 2 is 1.95 bits per heavy atom. The fraction of sp³-hybridized carbons (Fsp3) is 0.308. The molecule has 6 heteroatoms. The second-order valence-electron chi connectivity index (χ2n) is 4.70. The molecule has 0 spiro atoms. The van der Waals surface area contributed by atoms with Gasteiger partial charge in [-0.15, -0.1) is 6.42 Å². The number of terminal acetylenes is 1. The van der Waals surface area contributed by atoms with E-state index in [0.717, 1.165) is 0 Å². The average Bonchev–Trinajstić information content (AvgIpc) is 2.26. The van der Waals surface area contributed by atoms with Crippen LogP contribution < -0.4 is 5.32 Å². The van der Waals surface area contributed by atoms with E-state index in [1.807, 2.05) is 0 Å². The van der Waals surface area contributed by atoms with E-state index in [2.05, 4.69) is 11.2 Å². The molecule has 19 heavy (non-hydrogen) atoms. The summed E-state index contributed by atoms with van der Waals surface area (Å²) in [6.45, 7) is 5.01. The largest absolute Gasteiger partial charge is 0.336 e. The number of hydrogen-bond acceptors (Lipinski definition) is 3. The lowest BCUT2D eigenvalue weighted by atomic mass is 10.1. The van der Waals surface area contributed by atoms with E-state index in [1.165, 1.54) is 12.1 Å². The standard InChI is InChI=1S/C13H14ClNO3S/c1-5-13(3,4)15-12(16)10-6-9(2)7-11(8-10)19(14,17)18/h1,6-8H,2-4H3,(H,15,16). The third-order valence-electron chi connectivity index (χ3n) is 2.38. The van der Waals surface area contributed by atoms with Gasteiger partial charge in [-0.1, -0.05) is 5.92 Å². The predicted octanol–water partition coefficient (Wildman–Crippen LogP) is 2.06. The van der Waals surface area contributed by atoms with Crippen molar-refractivity contribution in [3.63, 3.8) is 0 Å². The zero-order chi connectivity index (χ0) is 14.8. The monoisotopic (exact) mass is 299 g/mol. The summed E-state index contributed by atoms with van der Waals surface area (Å²) in [7, 11) is 1.40. The smallest absolute Gasteiger partial charge is 0.261 e. The molecular weight excluding hydrogens is 286 g/mol. The Bertz CT molecular complexity index is 657. The predicted molar refractivity (Wildman–Crippen MR) is 74.6 cm³/mol. The molecule has 1 amide bonds. The zero-order valence-electron chi connectivity index (χ0n) is 10.8. The van der Waals surface area contributed by atoms with Gasteiger partial charge in [-0.05, 0) is 44.5 Å². The second-order valence-corrected chi connectivity index (χ2v) is 7.26. The minimum absolute atomic E-state index is 0.113. The highest BCUT2D eigenvalue weighted by Gasteiger charge is 2.20. The van der Waals surface area contributed by atoms with Crippen LogP contribution in [0.2, 0.25) is 0 Å². The Kier molecular flexibility index (Phi) is 4.28. The molecule has 1 rings (SSSR count). The van der Waals surface area contributed by atoms with E-state index >= 15 is 0 Å². The quantitative estimate of drug-likeness (QED) is 0.686. The molecule has 1 aromatic carbocycles. The molecule has 4 nitrogen and oxygen atoms in total. The molecule has 0 heterocycles. The van der Waals surface area contributed by atoms with Gasteiger partial charge in [-0.25, -0.2) is 8.42 Å². The highest BCUT2D eigenvalue weighted by atomic mass is 35.7. The number of halogens is 1. The molecule has 0 saturated carbocycles. The summed E-state index contributed by atoms with van der Waals surface area (Å²) in [6.07, 6.45) is 5.28. The Morgan fingerprint density at radius 1 is 1.37 bits per heavy atom. The zero-order valence-corrected chi connectivity index (χ0v) is 12.4. The van der Waals surface area contributed by atoms with Gasteiger partial charge >= 0.3 is 0 Å². The van der Waals surface area contributed by atoms with E-state index < -0.39 is 20.5 Å². The first kappa shape index (κ1) is 15.5. The molecule has 1 N–H and O–H groups in total. The molecule has 0 atom stereocenters. The number of rotatable bonds is 3. The normalized spacial score (nSPS) is 11.7. The molecule has 0 aliphatic rings. The lowest BCUT2D eigenvalue weighted by Crippen LogP contribution is -2.42. The van der Waals surface area contributed by atoms with Gasteiger partial charge in [0.2, 0.25) is 0 Å². The van der Waals surface area contributed by atoms with Gasteiger partial charge in [-0.3, -0.25) is 4.79 Å². The van der Waals surface area contributed by atoms with E-state index in [-0.39, 0.29) is 10.5 Å². The highest BCUT2D eigenvalue weighted by Crippen LogP contribution is 2.19. The number of amides is 1. The summed E-state index contributed by atoms with van der Waals surface area (Å²) in [5, 5.41) is 2.62. The van der Waals surface area contributed by atoms with Crippen LogP contribution in [0.4, 0.5) is 0 Å². The molecule has 0 aliphatic carbocycles. The Morgan fingerprint density at radius 3 is 2.42 bits per heavy atom. The molecule has 102 valence electrons. The number of benzene rings is 1. The minimum atomic E-state index is -3.88. The molecule has 0 bridgehead atoms. The third-order valence-corrected chi connectivity index (χ3v) is 3.71. The maximum Gasteiger partial charge on any atom is 0.261 e. The average molecular weight is 300 g/mol. The highest BCUT2D eigenvalue weighted by molar-refractivity contribution is 8.13. The Hall–Kier alpha value is -1.51. The molecule has 0 unspecified atom stereocenters. The van der Waals surface area contributed by atoms with Crippen LogP contribution in [0, 0.1) is 19.3 Å². The maximum atomic E-state index is 12.0. The number of aryl methyl sites for hydroxylation is 1. The van der Waals surface area contributed by atoms with Crippen LogP contribution in [0.1, 0.15) is 29.8 Å². The van der Waals surface area contributed by atoms with Crippen LogP contribution in [-0.2, 0) is 9.05 Å². The summed E-state index contributed by atoms with van der Waals surface area (Å²) in [4.78, 5) is 11.9. The van der Waals surface area contributed by atoms with Crippen molar-refractivity contribution in [1.29, 1.82) is 0 Å². The third kappa shape index (κ3) is 4.27. The first-order valence-electron chi connectivity index (χ1n) is 5.42. The van der Waals surface area contributed by atoms with E-state index in [0.29, 0.717) is 5.56 Å². The number of carbonyl (C=O) groups excluding carboxylic acids is 1. The van der Waals surface area contributed by atoms with Gasteiger partial charge in [0.1, 0.15) is 0 Å². The topological polar surface area (TPSA) is 63.2 Å². The van der Waals surface area contributed by atoms with Gasteiger partial charge in [0.05, 0.1) is 10.4 Å². The van der Waals surface area contributed by atoms with Crippen molar-refractivity contribution < 1.29 is 13.2 Å². The maximum absolute atomic E-state index is 12.0. The van der Waals surface area contributed by atoms with E-state index in [1.54, 1.807) is 26.8 Å². The van der Waals surface area contributed by atoms with Crippen LogP contribution in [0.5, 0.6) is 0 Å². The van der Waals surface area contributed by atoms with Gasteiger partial charge < -0.3 is 5.32 Å². The number of carbonyl (C=O) groups is 1. The van der Waals surface area contributed by atoms with Crippen LogP contribution in [0.25, 0.3) is 0 Å². The molecule has 0 aliphatic heterocycles. The Balaban J connectivity index is 3.20. The molecule has 0 aromatic heterocycles. The fourth-order valence-corrected chi connectivity index (χ4v) is 2.27. The van der Waals surface area contributed by atoms with Crippen molar-refractivity contribution in [2.45, 2.75) is 31.2 Å². The number of nitrogens with one attached hydrogen (secondary N) is 1. The lowest BCUT2D eigenvalue weighted by Gasteiger charge is -2.19. The second kappa shape index (κ2) is 5.24. The van der Waals surface area contributed by atoms with Crippen LogP contribution in [0.15, 0.2) is 23.1 Å². The van der Waals surface area contributed by atoms with Crippen molar-refractivity contribution in [2.75, 3.05) is 0 Å². The van der Waals surface area contributed by atoms with E-state index in [4.69, 9.17) is 17.1 Å². The molecule has 0 radical (unpaired) electrons. The summed E-state index contributed by atoms with van der Waals surface area (Å²) in [6, 6.07) is 4.18. The van der Waals surface area contributed by atoms with Crippen molar-refractivity contribution >= 4 is 25.6 Å². The van der Waals surface area contributed by atoms with Crippen LogP contribution in [-0.4, -0.2) is 19.9 Å². The van der Waals surface area contributed by atoms with Crippen molar-refractivity contribution in [3.8, 4) is 12.3 Å². The lowest BCUT2D eigenvalue weighted by molar-refractivity contribution is 0.0929. The van der Waals surface area contributed by atoms with Crippen molar-refractivity contribution in [3.05, 3.63) is 29.3 Å². The fourth-order valence-electron chi connectivity index (χ4n) is 1.41. The molecule has 0 saturated heterocycles. The summed E-state index contributed by atoms with van der Waals surface area (Å²) in [5.41, 5.74) is -0.00571. The van der Waals surface area contributed by atoms with Gasteiger partial charge in [0, 0.05) is 16.2 Å². The van der Waals surface area contributed by atoms with Gasteiger partial charge in [0.15, 0.2) is 0 Å². The first-order chi connectivity index (χ1) is 8.55. The molecular formula is C13H14ClNO3S. The number of hydrogen-bond donors (Lipinski definition) is 1. The van der Waals surface area contributed by atoms with Gasteiger partial charge in [0.25, 0.3) is 15.0 Å². The molecule has 1 aromatic rings. The summed E-state index contributed by atoms with van der Waals surface area (Å²) < 4.78 is 22.6. The van der Waals surface area contributed by atoms with E-state index in [9.17, 15) is 13.2 Å². The van der Waals surface area contributed by atoms with Crippen LogP contribution in [0.3, 0.4) is 0 Å². The molecule has 0 fully saturated rings. The SMILES string of the molecule is C#CC(C)(C)NC(=O)c1cc(C)cc(S(=O)(=O)Cl)c1.